The summed E-state index contributed by atoms with van der Waals surface area (Å²) in [6.45, 7) is -0.240. The van der Waals surface area contributed by atoms with Crippen LogP contribution in [0.2, 0.25) is 5.02 Å². The Morgan fingerprint density at radius 3 is 2.58 bits per heavy atom. The third-order valence-electron chi connectivity index (χ3n) is 3.77. The molecule has 2 aromatic heterocycles. The Bertz CT molecular complexity index is 1070. The average molecular weight is 382 g/mol. The lowest BCUT2D eigenvalue weighted by Crippen LogP contribution is -2.21. The molecule has 0 amide bonds. The van der Waals surface area contributed by atoms with E-state index in [0.717, 1.165) is 10.6 Å². The standard InChI is InChI=1S/C17H11ClF3N3O2/c18-15-12(8-22-23-16(15)26)10-5-6-24(14(25)7-10)9-11-3-1-2-4-13(11)17(19,20)21/h1-8H,9H2,(H,23,26). The van der Waals surface area contributed by atoms with E-state index in [1.807, 2.05) is 0 Å². The van der Waals surface area contributed by atoms with Gasteiger partial charge in [0, 0.05) is 17.8 Å². The molecule has 2 heterocycles. The van der Waals surface area contributed by atoms with Gasteiger partial charge in [-0.2, -0.15) is 18.3 Å². The molecule has 0 saturated carbocycles. The number of nitrogens with zero attached hydrogens (tertiary/aromatic N) is 2. The second kappa shape index (κ2) is 6.80. The number of halogens is 4. The Morgan fingerprint density at radius 2 is 1.88 bits per heavy atom. The van der Waals surface area contributed by atoms with Gasteiger partial charge in [-0.25, -0.2) is 5.10 Å². The third kappa shape index (κ3) is 3.55. The molecule has 1 N–H and O–H groups in total. The van der Waals surface area contributed by atoms with E-state index in [4.69, 9.17) is 11.6 Å². The highest BCUT2D eigenvalue weighted by Crippen LogP contribution is 2.32. The summed E-state index contributed by atoms with van der Waals surface area (Å²) >= 11 is 5.90. The van der Waals surface area contributed by atoms with Crippen molar-refractivity contribution in [3.63, 3.8) is 0 Å². The van der Waals surface area contributed by atoms with Crippen LogP contribution in [0.5, 0.6) is 0 Å². The van der Waals surface area contributed by atoms with E-state index < -0.39 is 22.9 Å². The lowest BCUT2D eigenvalue weighted by atomic mass is 10.1. The maximum absolute atomic E-state index is 13.1. The molecule has 0 fully saturated rings. The number of hydrogen-bond donors (Lipinski definition) is 1. The molecular weight excluding hydrogens is 371 g/mol. The number of benzene rings is 1. The summed E-state index contributed by atoms with van der Waals surface area (Å²) in [5.74, 6) is 0. The fourth-order valence-electron chi connectivity index (χ4n) is 2.51. The van der Waals surface area contributed by atoms with E-state index in [2.05, 4.69) is 10.2 Å². The smallest absolute Gasteiger partial charge is 0.311 e. The maximum Gasteiger partial charge on any atom is 0.416 e. The molecule has 0 unspecified atom stereocenters. The molecule has 0 bridgehead atoms. The first-order valence-electron chi connectivity index (χ1n) is 7.36. The van der Waals surface area contributed by atoms with Gasteiger partial charge in [0.25, 0.3) is 11.1 Å². The van der Waals surface area contributed by atoms with Crippen LogP contribution in [0.15, 0.2) is 58.4 Å². The van der Waals surface area contributed by atoms with Gasteiger partial charge in [-0.1, -0.05) is 29.8 Å². The highest BCUT2D eigenvalue weighted by molar-refractivity contribution is 6.33. The van der Waals surface area contributed by atoms with E-state index in [9.17, 15) is 22.8 Å². The van der Waals surface area contributed by atoms with Gasteiger partial charge >= 0.3 is 6.18 Å². The Hall–Kier alpha value is -2.87. The SMILES string of the molecule is O=c1[nH]ncc(-c2ccn(Cc3ccccc3C(F)(F)F)c(=O)c2)c1Cl. The van der Waals surface area contributed by atoms with Crippen molar-refractivity contribution < 1.29 is 13.2 Å². The molecule has 0 aliphatic heterocycles. The maximum atomic E-state index is 13.1. The molecule has 26 heavy (non-hydrogen) atoms. The van der Waals surface area contributed by atoms with Crippen LogP contribution in [0.25, 0.3) is 11.1 Å². The van der Waals surface area contributed by atoms with E-state index in [-0.39, 0.29) is 22.7 Å². The minimum Gasteiger partial charge on any atom is -0.311 e. The van der Waals surface area contributed by atoms with Crippen molar-refractivity contribution in [2.24, 2.45) is 0 Å². The fourth-order valence-corrected chi connectivity index (χ4v) is 2.71. The molecule has 0 radical (unpaired) electrons. The van der Waals surface area contributed by atoms with E-state index in [1.165, 1.54) is 42.7 Å². The molecule has 0 spiro atoms. The monoisotopic (exact) mass is 381 g/mol. The van der Waals surface area contributed by atoms with Gasteiger partial charge in [0.1, 0.15) is 5.02 Å². The van der Waals surface area contributed by atoms with Crippen LogP contribution in [0.1, 0.15) is 11.1 Å². The van der Waals surface area contributed by atoms with E-state index in [1.54, 1.807) is 0 Å². The summed E-state index contributed by atoms with van der Waals surface area (Å²) in [5.41, 5.74) is -1.35. The molecule has 9 heteroatoms. The summed E-state index contributed by atoms with van der Waals surface area (Å²) < 4.78 is 40.4. The Labute approximate surface area is 149 Å². The zero-order valence-electron chi connectivity index (χ0n) is 13.0. The number of H-pyrrole nitrogens is 1. The first-order valence-corrected chi connectivity index (χ1v) is 7.74. The largest absolute Gasteiger partial charge is 0.416 e. The quantitative estimate of drug-likeness (QED) is 0.756. The Kier molecular flexibility index (Phi) is 4.69. The number of nitrogens with one attached hydrogen (secondary N) is 1. The summed E-state index contributed by atoms with van der Waals surface area (Å²) in [6, 6.07) is 7.74. The van der Waals surface area contributed by atoms with Gasteiger partial charge in [-0.05, 0) is 23.3 Å². The lowest BCUT2D eigenvalue weighted by molar-refractivity contribution is -0.138. The lowest BCUT2D eigenvalue weighted by Gasteiger charge is -2.14. The molecule has 0 atom stereocenters. The number of pyridine rings is 1. The predicted molar refractivity (Wildman–Crippen MR) is 90.1 cm³/mol. The number of aromatic nitrogens is 3. The van der Waals surface area contributed by atoms with Crippen LogP contribution < -0.4 is 11.1 Å². The van der Waals surface area contributed by atoms with Crippen molar-refractivity contribution in [1.82, 2.24) is 14.8 Å². The minimum absolute atomic E-state index is 0.0225. The molecule has 134 valence electrons. The summed E-state index contributed by atoms with van der Waals surface area (Å²) in [6.07, 6.45) is -1.87. The second-order valence-corrected chi connectivity index (χ2v) is 5.84. The normalized spacial score (nSPS) is 11.5. The third-order valence-corrected chi connectivity index (χ3v) is 4.14. The van der Waals surface area contributed by atoms with Crippen LogP contribution >= 0.6 is 11.6 Å². The highest BCUT2D eigenvalue weighted by Gasteiger charge is 2.32. The number of rotatable bonds is 3. The highest BCUT2D eigenvalue weighted by atomic mass is 35.5. The molecule has 3 aromatic rings. The first kappa shape index (κ1) is 17.9. The average Bonchev–Trinajstić information content (AvgIpc) is 2.59. The Morgan fingerprint density at radius 1 is 1.15 bits per heavy atom. The number of alkyl halides is 3. The van der Waals surface area contributed by atoms with E-state index >= 15 is 0 Å². The van der Waals surface area contributed by atoms with E-state index in [0.29, 0.717) is 5.56 Å². The summed E-state index contributed by atoms with van der Waals surface area (Å²) in [4.78, 5) is 23.8. The van der Waals surface area contributed by atoms with Crippen LogP contribution in [0.3, 0.4) is 0 Å². The zero-order valence-corrected chi connectivity index (χ0v) is 13.8. The molecule has 0 saturated heterocycles. The van der Waals surface area contributed by atoms with Gasteiger partial charge < -0.3 is 4.57 Å². The van der Waals surface area contributed by atoms with Crippen molar-refractivity contribution in [2.75, 3.05) is 0 Å². The topological polar surface area (TPSA) is 67.8 Å². The predicted octanol–water partition coefficient (Wildman–Crippen LogP) is 3.32. The van der Waals surface area contributed by atoms with Crippen molar-refractivity contribution in [3.05, 3.63) is 85.6 Å². The number of aromatic amines is 1. The van der Waals surface area contributed by atoms with Gasteiger partial charge in [0.05, 0.1) is 18.3 Å². The fraction of sp³-hybridized carbons (Fsp3) is 0.118. The number of hydrogen-bond acceptors (Lipinski definition) is 3. The van der Waals surface area contributed by atoms with Gasteiger partial charge in [-0.15, -0.1) is 0 Å². The second-order valence-electron chi connectivity index (χ2n) is 5.46. The van der Waals surface area contributed by atoms with Gasteiger partial charge in [0.15, 0.2) is 0 Å². The van der Waals surface area contributed by atoms with Gasteiger partial charge in [0.2, 0.25) is 0 Å². The summed E-state index contributed by atoms with van der Waals surface area (Å²) in [5, 5.41) is 5.66. The van der Waals surface area contributed by atoms with Crippen molar-refractivity contribution in [3.8, 4) is 11.1 Å². The zero-order chi connectivity index (χ0) is 18.9. The van der Waals surface area contributed by atoms with Crippen molar-refractivity contribution >= 4 is 11.6 Å². The molecule has 0 aliphatic rings. The minimum atomic E-state index is -4.51. The van der Waals surface area contributed by atoms with Gasteiger partial charge in [-0.3, -0.25) is 9.59 Å². The Balaban J connectivity index is 1.99. The van der Waals surface area contributed by atoms with Crippen LogP contribution in [0, 0.1) is 0 Å². The van der Waals surface area contributed by atoms with Crippen LogP contribution in [0.4, 0.5) is 13.2 Å². The first-order chi connectivity index (χ1) is 12.3. The molecule has 3 rings (SSSR count). The summed E-state index contributed by atoms with van der Waals surface area (Å²) in [7, 11) is 0. The molecule has 0 aliphatic carbocycles. The van der Waals surface area contributed by atoms with Crippen LogP contribution in [-0.2, 0) is 12.7 Å². The molecule has 5 nitrogen and oxygen atoms in total. The van der Waals surface area contributed by atoms with Crippen molar-refractivity contribution in [1.29, 1.82) is 0 Å². The molecule has 1 aromatic carbocycles. The van der Waals surface area contributed by atoms with Crippen molar-refractivity contribution in [2.45, 2.75) is 12.7 Å². The molecular formula is C17H11ClF3N3O2. The van der Waals surface area contributed by atoms with Crippen LogP contribution in [-0.4, -0.2) is 14.8 Å².